The maximum absolute atomic E-state index is 5.34. The van der Waals surface area contributed by atoms with E-state index in [2.05, 4.69) is 9.97 Å². The molecular formula is C18H20N2O6. The fraction of sp³-hybridized carbons (Fsp3) is 0.333. The van der Waals surface area contributed by atoms with E-state index in [0.29, 0.717) is 17.1 Å². The van der Waals surface area contributed by atoms with Crippen LogP contribution in [0.4, 0.5) is 0 Å². The van der Waals surface area contributed by atoms with E-state index in [-0.39, 0.29) is 13.6 Å². The third kappa shape index (κ3) is 4.62. The van der Waals surface area contributed by atoms with Crippen molar-refractivity contribution in [1.29, 1.82) is 0 Å². The smallest absolute Gasteiger partial charge is 0.188 e. The fourth-order valence-corrected chi connectivity index (χ4v) is 2.27. The molecule has 0 aromatic carbocycles. The highest BCUT2D eigenvalue weighted by atomic mass is 16.7. The molecule has 0 fully saturated rings. The summed E-state index contributed by atoms with van der Waals surface area (Å²) in [6, 6.07) is 5.42. The third-order valence-corrected chi connectivity index (χ3v) is 3.47. The number of hydrogen-bond donors (Lipinski definition) is 0. The van der Waals surface area contributed by atoms with Crippen molar-refractivity contribution in [3.8, 4) is 17.2 Å². The van der Waals surface area contributed by atoms with Crippen molar-refractivity contribution in [2.45, 2.75) is 6.42 Å². The number of aromatic nitrogens is 2. The van der Waals surface area contributed by atoms with E-state index in [1.165, 1.54) is 0 Å². The molecule has 0 unspecified atom stereocenters. The molecular weight excluding hydrogens is 340 g/mol. The first-order valence-corrected chi connectivity index (χ1v) is 7.98. The number of pyridine rings is 2. The van der Waals surface area contributed by atoms with Crippen LogP contribution in [0.2, 0.25) is 0 Å². The van der Waals surface area contributed by atoms with E-state index >= 15 is 0 Å². The van der Waals surface area contributed by atoms with Crippen LogP contribution in [0.15, 0.2) is 41.3 Å². The van der Waals surface area contributed by atoms with Gasteiger partial charge in [-0.1, -0.05) is 0 Å². The number of nitrogens with zero attached hydrogens (tertiary/aromatic N) is 2. The molecule has 0 aliphatic carbocycles. The largest absolute Gasteiger partial charge is 0.491 e. The molecule has 0 saturated carbocycles. The molecule has 3 aromatic rings. The molecule has 4 heterocycles. The van der Waals surface area contributed by atoms with Crippen LogP contribution >= 0.6 is 0 Å². The molecule has 138 valence electrons. The van der Waals surface area contributed by atoms with E-state index in [4.69, 9.17) is 28.1 Å². The summed E-state index contributed by atoms with van der Waals surface area (Å²) in [4.78, 5) is 8.33. The van der Waals surface area contributed by atoms with Crippen LogP contribution in [0.1, 0.15) is 5.69 Å². The van der Waals surface area contributed by atoms with Crippen molar-refractivity contribution in [3.63, 3.8) is 0 Å². The summed E-state index contributed by atoms with van der Waals surface area (Å²) in [5.41, 5.74) is 2.54. The SMILES string of the molecule is COCOc1cnc2c(c1)OCC2.COCOc1cnc2ccoc2c1. The van der Waals surface area contributed by atoms with Crippen molar-refractivity contribution >= 4 is 11.1 Å². The number of hydrogen-bond acceptors (Lipinski definition) is 8. The summed E-state index contributed by atoms with van der Waals surface area (Å²) in [5.74, 6) is 2.15. The molecule has 0 saturated heterocycles. The minimum absolute atomic E-state index is 0.216. The van der Waals surface area contributed by atoms with Crippen LogP contribution in [0.3, 0.4) is 0 Å². The van der Waals surface area contributed by atoms with E-state index < -0.39 is 0 Å². The molecule has 1 aliphatic rings. The quantitative estimate of drug-likeness (QED) is 0.621. The fourth-order valence-electron chi connectivity index (χ4n) is 2.27. The maximum atomic E-state index is 5.34. The molecule has 0 spiro atoms. The molecule has 0 amide bonds. The maximum Gasteiger partial charge on any atom is 0.188 e. The summed E-state index contributed by atoms with van der Waals surface area (Å²) >= 11 is 0. The first kappa shape index (κ1) is 18.0. The van der Waals surface area contributed by atoms with Gasteiger partial charge in [-0.2, -0.15) is 0 Å². The Bertz CT molecular complexity index is 835. The molecule has 0 bridgehead atoms. The Morgan fingerprint density at radius 1 is 1.00 bits per heavy atom. The van der Waals surface area contributed by atoms with Crippen LogP contribution in [0.25, 0.3) is 11.1 Å². The second-order valence-electron chi connectivity index (χ2n) is 5.29. The molecule has 3 aromatic heterocycles. The Morgan fingerprint density at radius 2 is 1.73 bits per heavy atom. The van der Waals surface area contributed by atoms with Crippen molar-refractivity contribution in [3.05, 3.63) is 42.5 Å². The van der Waals surface area contributed by atoms with E-state index in [9.17, 15) is 0 Å². The van der Waals surface area contributed by atoms with Gasteiger partial charge in [0.25, 0.3) is 0 Å². The highest BCUT2D eigenvalue weighted by molar-refractivity contribution is 5.73. The van der Waals surface area contributed by atoms with Gasteiger partial charge >= 0.3 is 0 Å². The Morgan fingerprint density at radius 3 is 2.50 bits per heavy atom. The lowest BCUT2D eigenvalue weighted by atomic mass is 10.3. The molecule has 4 rings (SSSR count). The van der Waals surface area contributed by atoms with Gasteiger partial charge in [0.2, 0.25) is 0 Å². The first-order valence-electron chi connectivity index (χ1n) is 7.98. The first-order chi connectivity index (χ1) is 12.8. The highest BCUT2D eigenvalue weighted by Gasteiger charge is 2.13. The zero-order valence-electron chi connectivity index (χ0n) is 14.6. The number of rotatable bonds is 6. The average molecular weight is 360 g/mol. The molecule has 1 aliphatic heterocycles. The second kappa shape index (κ2) is 9.02. The topological polar surface area (TPSA) is 85.1 Å². The lowest BCUT2D eigenvalue weighted by Crippen LogP contribution is -1.99. The Hall–Kier alpha value is -2.84. The van der Waals surface area contributed by atoms with Crippen molar-refractivity contribution in [1.82, 2.24) is 9.97 Å². The number of fused-ring (bicyclic) bond motifs is 2. The van der Waals surface area contributed by atoms with Gasteiger partial charge in [-0.3, -0.25) is 4.98 Å². The summed E-state index contributed by atoms with van der Waals surface area (Å²) in [5, 5.41) is 0. The predicted octanol–water partition coefficient (Wildman–Crippen LogP) is 2.81. The third-order valence-electron chi connectivity index (χ3n) is 3.47. The molecule has 0 radical (unpaired) electrons. The monoisotopic (exact) mass is 360 g/mol. The molecule has 8 heteroatoms. The van der Waals surface area contributed by atoms with Gasteiger partial charge in [-0.25, -0.2) is 4.98 Å². The summed E-state index contributed by atoms with van der Waals surface area (Å²) in [6.07, 6.45) is 5.81. The Balaban J connectivity index is 0.000000151. The Kier molecular flexibility index (Phi) is 6.24. The standard InChI is InChI=1S/C9H11NO3.C9H9NO3/c2*1-11-6-13-7-4-9-8(10-5-7)2-3-12-9/h4-5H,2-3,6H2,1H3;2-5H,6H2,1H3. The van der Waals surface area contributed by atoms with Crippen molar-refractivity contribution < 1.29 is 28.1 Å². The number of methoxy groups -OCH3 is 2. The highest BCUT2D eigenvalue weighted by Crippen LogP contribution is 2.26. The minimum Gasteiger partial charge on any atom is -0.491 e. The van der Waals surface area contributed by atoms with E-state index in [1.807, 2.05) is 6.07 Å². The van der Waals surface area contributed by atoms with Crippen molar-refractivity contribution in [2.75, 3.05) is 34.4 Å². The van der Waals surface area contributed by atoms with Gasteiger partial charge in [0.05, 0.1) is 31.0 Å². The van der Waals surface area contributed by atoms with Gasteiger partial charge in [0.15, 0.2) is 19.2 Å². The van der Waals surface area contributed by atoms with Gasteiger partial charge in [0.1, 0.15) is 22.8 Å². The van der Waals surface area contributed by atoms with Gasteiger partial charge < -0.3 is 28.1 Å². The number of ether oxygens (including phenoxy) is 5. The minimum atomic E-state index is 0.216. The lowest BCUT2D eigenvalue weighted by Gasteiger charge is -2.05. The van der Waals surface area contributed by atoms with Gasteiger partial charge in [-0.15, -0.1) is 0 Å². The van der Waals surface area contributed by atoms with Gasteiger partial charge in [0, 0.05) is 38.8 Å². The average Bonchev–Trinajstić information content (AvgIpc) is 3.33. The van der Waals surface area contributed by atoms with Crippen LogP contribution in [0, 0.1) is 0 Å². The summed E-state index contributed by atoms with van der Waals surface area (Å²) < 4.78 is 30.4. The summed E-state index contributed by atoms with van der Waals surface area (Å²) in [7, 11) is 3.15. The van der Waals surface area contributed by atoms with E-state index in [1.54, 1.807) is 45.0 Å². The zero-order valence-corrected chi connectivity index (χ0v) is 14.6. The predicted molar refractivity (Wildman–Crippen MR) is 92.5 cm³/mol. The van der Waals surface area contributed by atoms with E-state index in [0.717, 1.165) is 30.0 Å². The van der Waals surface area contributed by atoms with Gasteiger partial charge in [-0.05, 0) is 0 Å². The van der Waals surface area contributed by atoms with Crippen LogP contribution < -0.4 is 14.2 Å². The lowest BCUT2D eigenvalue weighted by molar-refractivity contribution is 0.0506. The molecule has 8 nitrogen and oxygen atoms in total. The zero-order chi connectivity index (χ0) is 18.2. The second-order valence-corrected chi connectivity index (χ2v) is 5.29. The molecule has 0 atom stereocenters. The summed E-state index contributed by atoms with van der Waals surface area (Å²) in [6.45, 7) is 1.17. The Labute approximate surface area is 150 Å². The number of furan rings is 1. The van der Waals surface area contributed by atoms with Crippen LogP contribution in [-0.4, -0.2) is 44.4 Å². The van der Waals surface area contributed by atoms with Crippen LogP contribution in [0.5, 0.6) is 17.2 Å². The van der Waals surface area contributed by atoms with Crippen molar-refractivity contribution in [2.24, 2.45) is 0 Å². The molecule has 26 heavy (non-hydrogen) atoms. The van der Waals surface area contributed by atoms with Crippen LogP contribution in [-0.2, 0) is 15.9 Å². The normalized spacial score (nSPS) is 12.1. The molecule has 0 N–H and O–H groups in total.